The van der Waals surface area contributed by atoms with Gasteiger partial charge >= 0.3 is 0 Å². The summed E-state index contributed by atoms with van der Waals surface area (Å²) < 4.78 is 6.38. The summed E-state index contributed by atoms with van der Waals surface area (Å²) in [6.07, 6.45) is 3.66. The minimum absolute atomic E-state index is 0.633. The summed E-state index contributed by atoms with van der Waals surface area (Å²) >= 11 is 3.60. The molecular formula is C12H16BrNO. The van der Waals surface area contributed by atoms with Crippen LogP contribution in [0.15, 0.2) is 22.7 Å². The van der Waals surface area contributed by atoms with E-state index < -0.39 is 0 Å². The van der Waals surface area contributed by atoms with Crippen molar-refractivity contribution >= 4 is 15.9 Å². The standard InChI is InChI=1S/C12H16BrNO/c1-15-11-6-2-4-9(12(11)13)8-10-5-3-7-14-10/h2,4,6,10,14H,3,5,7-8H2,1H3. The van der Waals surface area contributed by atoms with Gasteiger partial charge < -0.3 is 10.1 Å². The van der Waals surface area contributed by atoms with E-state index >= 15 is 0 Å². The van der Waals surface area contributed by atoms with Crippen molar-refractivity contribution in [2.45, 2.75) is 25.3 Å². The van der Waals surface area contributed by atoms with Gasteiger partial charge in [-0.05, 0) is 53.4 Å². The first kappa shape index (κ1) is 11.0. The summed E-state index contributed by atoms with van der Waals surface area (Å²) in [6.45, 7) is 1.16. The summed E-state index contributed by atoms with van der Waals surface area (Å²) in [7, 11) is 1.71. The molecule has 0 amide bonds. The SMILES string of the molecule is COc1cccc(CC2CCCN2)c1Br. The first-order valence-corrected chi connectivity index (χ1v) is 6.15. The first-order valence-electron chi connectivity index (χ1n) is 5.36. The molecule has 82 valence electrons. The molecule has 2 nitrogen and oxygen atoms in total. The fraction of sp³-hybridized carbons (Fsp3) is 0.500. The fourth-order valence-electron chi connectivity index (χ4n) is 2.07. The topological polar surface area (TPSA) is 21.3 Å². The van der Waals surface area contributed by atoms with Crippen LogP contribution in [-0.2, 0) is 6.42 Å². The number of halogens is 1. The lowest BCUT2D eigenvalue weighted by molar-refractivity contribution is 0.411. The van der Waals surface area contributed by atoms with Crippen LogP contribution in [0.3, 0.4) is 0 Å². The molecular weight excluding hydrogens is 254 g/mol. The Kier molecular flexibility index (Phi) is 3.65. The van der Waals surface area contributed by atoms with Crippen molar-refractivity contribution in [1.82, 2.24) is 5.32 Å². The van der Waals surface area contributed by atoms with E-state index in [0.29, 0.717) is 6.04 Å². The maximum Gasteiger partial charge on any atom is 0.133 e. The molecule has 1 aliphatic rings. The van der Waals surface area contributed by atoms with Gasteiger partial charge in [0.1, 0.15) is 5.75 Å². The van der Waals surface area contributed by atoms with Gasteiger partial charge in [-0.3, -0.25) is 0 Å². The fourth-order valence-corrected chi connectivity index (χ4v) is 2.66. The zero-order valence-electron chi connectivity index (χ0n) is 8.92. The number of nitrogens with one attached hydrogen (secondary N) is 1. The molecule has 0 bridgehead atoms. The molecule has 1 atom stereocenters. The Balaban J connectivity index is 2.13. The highest BCUT2D eigenvalue weighted by molar-refractivity contribution is 9.10. The van der Waals surface area contributed by atoms with Gasteiger partial charge in [-0.1, -0.05) is 12.1 Å². The number of methoxy groups -OCH3 is 1. The predicted molar refractivity (Wildman–Crippen MR) is 65.4 cm³/mol. The largest absolute Gasteiger partial charge is 0.496 e. The normalized spacial score (nSPS) is 20.5. The minimum Gasteiger partial charge on any atom is -0.496 e. The van der Waals surface area contributed by atoms with Crippen LogP contribution in [0.4, 0.5) is 0 Å². The lowest BCUT2D eigenvalue weighted by atomic mass is 10.0. The second kappa shape index (κ2) is 4.99. The lowest BCUT2D eigenvalue weighted by Gasteiger charge is -2.13. The molecule has 1 heterocycles. The molecule has 1 aliphatic heterocycles. The van der Waals surface area contributed by atoms with E-state index in [1.807, 2.05) is 12.1 Å². The Morgan fingerprint density at radius 2 is 2.40 bits per heavy atom. The Morgan fingerprint density at radius 1 is 1.53 bits per heavy atom. The average Bonchev–Trinajstić information content (AvgIpc) is 2.74. The van der Waals surface area contributed by atoms with Crippen molar-refractivity contribution in [3.05, 3.63) is 28.2 Å². The number of rotatable bonds is 3. The third kappa shape index (κ3) is 2.52. The Labute approximate surface area is 99.1 Å². The van der Waals surface area contributed by atoms with Crippen molar-refractivity contribution < 1.29 is 4.74 Å². The first-order chi connectivity index (χ1) is 7.31. The van der Waals surface area contributed by atoms with Crippen molar-refractivity contribution in [3.63, 3.8) is 0 Å². The van der Waals surface area contributed by atoms with Crippen molar-refractivity contribution in [2.75, 3.05) is 13.7 Å². The van der Waals surface area contributed by atoms with E-state index in [1.54, 1.807) is 7.11 Å². The Hall–Kier alpha value is -0.540. The molecule has 0 aliphatic carbocycles. The molecule has 2 rings (SSSR count). The lowest BCUT2D eigenvalue weighted by Crippen LogP contribution is -2.23. The van der Waals surface area contributed by atoms with Crippen LogP contribution in [-0.4, -0.2) is 19.7 Å². The molecule has 0 spiro atoms. The third-order valence-corrected chi connectivity index (χ3v) is 3.79. The quantitative estimate of drug-likeness (QED) is 0.911. The maximum absolute atomic E-state index is 5.28. The van der Waals surface area contributed by atoms with Gasteiger partial charge in [0, 0.05) is 6.04 Å². The summed E-state index contributed by atoms with van der Waals surface area (Å²) in [5.74, 6) is 0.922. The van der Waals surface area contributed by atoms with Crippen LogP contribution < -0.4 is 10.1 Å². The van der Waals surface area contributed by atoms with Crippen molar-refractivity contribution in [2.24, 2.45) is 0 Å². The van der Waals surface area contributed by atoms with Gasteiger partial charge in [-0.25, -0.2) is 0 Å². The van der Waals surface area contributed by atoms with Gasteiger partial charge in [-0.15, -0.1) is 0 Å². The van der Waals surface area contributed by atoms with Crippen molar-refractivity contribution in [1.29, 1.82) is 0 Å². The molecule has 1 N–H and O–H groups in total. The van der Waals surface area contributed by atoms with Crippen LogP contribution >= 0.6 is 15.9 Å². The zero-order valence-corrected chi connectivity index (χ0v) is 10.5. The predicted octanol–water partition coefficient (Wildman–Crippen LogP) is 2.75. The Morgan fingerprint density at radius 3 is 3.07 bits per heavy atom. The van der Waals surface area contributed by atoms with E-state index in [2.05, 4.69) is 27.3 Å². The average molecular weight is 270 g/mol. The van der Waals surface area contributed by atoms with Crippen LogP contribution in [0.5, 0.6) is 5.75 Å². The zero-order chi connectivity index (χ0) is 10.7. The van der Waals surface area contributed by atoms with Crippen molar-refractivity contribution in [3.8, 4) is 5.75 Å². The molecule has 3 heteroatoms. The highest BCUT2D eigenvalue weighted by atomic mass is 79.9. The van der Waals surface area contributed by atoms with E-state index in [4.69, 9.17) is 4.74 Å². The highest BCUT2D eigenvalue weighted by Crippen LogP contribution is 2.29. The number of hydrogen-bond donors (Lipinski definition) is 1. The van der Waals surface area contributed by atoms with Gasteiger partial charge in [0.05, 0.1) is 11.6 Å². The third-order valence-electron chi connectivity index (χ3n) is 2.89. The molecule has 1 unspecified atom stereocenters. The molecule has 0 saturated carbocycles. The highest BCUT2D eigenvalue weighted by Gasteiger charge is 2.16. The van der Waals surface area contributed by atoms with E-state index in [9.17, 15) is 0 Å². The van der Waals surface area contributed by atoms with Gasteiger partial charge in [0.2, 0.25) is 0 Å². The van der Waals surface area contributed by atoms with Crippen LogP contribution in [0, 0.1) is 0 Å². The number of benzene rings is 1. The maximum atomic E-state index is 5.28. The summed E-state index contributed by atoms with van der Waals surface area (Å²) in [5.41, 5.74) is 1.33. The Bertz CT molecular complexity index is 334. The van der Waals surface area contributed by atoms with Crippen LogP contribution in [0.1, 0.15) is 18.4 Å². The number of hydrogen-bond acceptors (Lipinski definition) is 2. The summed E-state index contributed by atoms with van der Waals surface area (Å²) in [4.78, 5) is 0. The van der Waals surface area contributed by atoms with Gasteiger partial charge in [0.25, 0.3) is 0 Å². The minimum atomic E-state index is 0.633. The molecule has 1 aromatic rings. The molecule has 0 aromatic heterocycles. The van der Waals surface area contributed by atoms with Crippen LogP contribution in [0.25, 0.3) is 0 Å². The van der Waals surface area contributed by atoms with E-state index in [0.717, 1.165) is 23.2 Å². The molecule has 0 radical (unpaired) electrons. The van der Waals surface area contributed by atoms with E-state index in [1.165, 1.54) is 18.4 Å². The molecule has 1 saturated heterocycles. The summed E-state index contributed by atoms with van der Waals surface area (Å²) in [5, 5.41) is 3.51. The monoisotopic (exact) mass is 269 g/mol. The van der Waals surface area contributed by atoms with Gasteiger partial charge in [-0.2, -0.15) is 0 Å². The molecule has 15 heavy (non-hydrogen) atoms. The molecule has 1 aromatic carbocycles. The smallest absolute Gasteiger partial charge is 0.133 e. The summed E-state index contributed by atoms with van der Waals surface area (Å²) in [6, 6.07) is 6.82. The second-order valence-corrected chi connectivity index (χ2v) is 4.72. The van der Waals surface area contributed by atoms with Crippen LogP contribution in [0.2, 0.25) is 0 Å². The number of ether oxygens (including phenoxy) is 1. The van der Waals surface area contributed by atoms with E-state index in [-0.39, 0.29) is 0 Å². The molecule has 1 fully saturated rings. The van der Waals surface area contributed by atoms with Gasteiger partial charge in [0.15, 0.2) is 0 Å². The second-order valence-electron chi connectivity index (χ2n) is 3.93.